The van der Waals surface area contributed by atoms with Crippen molar-refractivity contribution < 1.29 is 20.1 Å². The van der Waals surface area contributed by atoms with Gasteiger partial charge in [0.25, 0.3) is 0 Å². The summed E-state index contributed by atoms with van der Waals surface area (Å²) in [6.07, 6.45) is 20.8. The van der Waals surface area contributed by atoms with Gasteiger partial charge in [0.15, 0.2) is 0 Å². The topological polar surface area (TPSA) is 77.8 Å². The first-order chi connectivity index (χ1) is 13.1. The minimum Gasteiger partial charge on any atom is -0.481 e. The van der Waals surface area contributed by atoms with Crippen molar-refractivity contribution in [3.05, 3.63) is 0 Å². The largest absolute Gasteiger partial charge is 0.481 e. The van der Waals surface area contributed by atoms with E-state index in [2.05, 4.69) is 6.92 Å². The summed E-state index contributed by atoms with van der Waals surface area (Å²) in [6.45, 7) is 1.91. The lowest BCUT2D eigenvalue weighted by molar-refractivity contribution is -0.143. The molecule has 0 aromatic rings. The van der Waals surface area contributed by atoms with E-state index in [1.165, 1.54) is 89.9 Å². The molecule has 4 heteroatoms. The van der Waals surface area contributed by atoms with Crippen LogP contribution in [0.25, 0.3) is 0 Å². The van der Waals surface area contributed by atoms with E-state index in [-0.39, 0.29) is 13.0 Å². The Hall–Kier alpha value is -0.610. The van der Waals surface area contributed by atoms with Crippen molar-refractivity contribution in [3.63, 3.8) is 0 Å². The highest BCUT2D eigenvalue weighted by Gasteiger charge is 2.20. The molecule has 3 N–H and O–H groups in total. The average Bonchev–Trinajstić information content (AvgIpc) is 2.66. The van der Waals surface area contributed by atoms with Gasteiger partial charge in [0.05, 0.1) is 18.6 Å². The molecule has 4 nitrogen and oxygen atoms in total. The molecule has 162 valence electrons. The molecule has 0 amide bonds. The molecule has 0 aromatic carbocycles. The molecule has 0 spiro atoms. The van der Waals surface area contributed by atoms with Crippen LogP contribution in [0.1, 0.15) is 122 Å². The third-order valence-corrected chi connectivity index (χ3v) is 5.52. The van der Waals surface area contributed by atoms with Gasteiger partial charge in [-0.2, -0.15) is 0 Å². The van der Waals surface area contributed by atoms with Crippen LogP contribution in [0.4, 0.5) is 0 Å². The smallest absolute Gasteiger partial charge is 0.306 e. The fourth-order valence-corrected chi connectivity index (χ4v) is 3.68. The van der Waals surface area contributed by atoms with E-state index in [1.54, 1.807) is 0 Å². The number of aliphatic carboxylic acids is 1. The van der Waals surface area contributed by atoms with Gasteiger partial charge in [0, 0.05) is 0 Å². The monoisotopic (exact) mass is 386 g/mol. The van der Waals surface area contributed by atoms with Crippen LogP contribution < -0.4 is 0 Å². The minimum absolute atomic E-state index is 0.157. The maximum Gasteiger partial charge on any atom is 0.306 e. The molecule has 0 saturated heterocycles. The van der Waals surface area contributed by atoms with Crippen LogP contribution in [0.5, 0.6) is 0 Å². The number of aliphatic hydroxyl groups is 2. The summed E-state index contributed by atoms with van der Waals surface area (Å²) in [4.78, 5) is 11.1. The van der Waals surface area contributed by atoms with Crippen LogP contribution in [0.2, 0.25) is 0 Å². The molecule has 0 aliphatic heterocycles. The summed E-state index contributed by atoms with van der Waals surface area (Å²) in [5.41, 5.74) is 0. The molecule has 2 atom stereocenters. The van der Waals surface area contributed by atoms with Gasteiger partial charge < -0.3 is 15.3 Å². The van der Waals surface area contributed by atoms with E-state index >= 15 is 0 Å². The molecular weight excluding hydrogens is 340 g/mol. The predicted molar refractivity (Wildman–Crippen MR) is 113 cm³/mol. The molecule has 0 saturated carbocycles. The Balaban J connectivity index is 3.31. The van der Waals surface area contributed by atoms with Gasteiger partial charge in [0.2, 0.25) is 0 Å². The standard InChI is InChI=1S/C23H46O4/c1-2-3-4-5-6-7-8-9-10-11-12-13-14-15-16-17-18-21(23(26)27)19-22(25)20-24/h21-22,24-25H,2-20H2,1H3,(H,26,27). The first-order valence-electron chi connectivity index (χ1n) is 11.6. The zero-order chi connectivity index (χ0) is 20.2. The van der Waals surface area contributed by atoms with Crippen LogP contribution in [0.3, 0.4) is 0 Å². The molecular formula is C23H46O4. The zero-order valence-corrected chi connectivity index (χ0v) is 17.8. The van der Waals surface area contributed by atoms with E-state index in [0.717, 1.165) is 12.8 Å². The summed E-state index contributed by atoms with van der Waals surface area (Å²) < 4.78 is 0. The van der Waals surface area contributed by atoms with Crippen molar-refractivity contribution in [2.24, 2.45) is 5.92 Å². The predicted octanol–water partition coefficient (Wildman–Crippen LogP) is 6.08. The normalized spacial score (nSPS) is 13.6. The van der Waals surface area contributed by atoms with Gasteiger partial charge in [-0.05, 0) is 12.8 Å². The van der Waals surface area contributed by atoms with E-state index in [0.29, 0.717) is 6.42 Å². The van der Waals surface area contributed by atoms with E-state index in [1.807, 2.05) is 0 Å². The molecule has 0 radical (unpaired) electrons. The highest BCUT2D eigenvalue weighted by Crippen LogP contribution is 2.18. The van der Waals surface area contributed by atoms with Crippen molar-refractivity contribution in [1.29, 1.82) is 0 Å². The van der Waals surface area contributed by atoms with E-state index in [4.69, 9.17) is 10.2 Å². The van der Waals surface area contributed by atoms with Crippen LogP contribution in [0.15, 0.2) is 0 Å². The lowest BCUT2D eigenvalue weighted by Crippen LogP contribution is -2.23. The molecule has 2 unspecified atom stereocenters. The summed E-state index contributed by atoms with van der Waals surface area (Å²) in [5, 5.41) is 27.4. The Kier molecular flexibility index (Phi) is 19.7. The molecule has 0 aromatic heterocycles. The first-order valence-corrected chi connectivity index (χ1v) is 11.6. The Bertz CT molecular complexity index is 320. The van der Waals surface area contributed by atoms with Gasteiger partial charge in [-0.25, -0.2) is 0 Å². The number of carboxylic acids is 1. The number of carbonyl (C=O) groups is 1. The highest BCUT2D eigenvalue weighted by atomic mass is 16.4. The van der Waals surface area contributed by atoms with Crippen molar-refractivity contribution in [1.82, 2.24) is 0 Å². The number of carboxylic acid groups (broad SMARTS) is 1. The van der Waals surface area contributed by atoms with Crippen molar-refractivity contribution in [3.8, 4) is 0 Å². The second-order valence-corrected chi connectivity index (χ2v) is 8.20. The Morgan fingerprint density at radius 1 is 0.704 bits per heavy atom. The minimum atomic E-state index is -0.910. The zero-order valence-electron chi connectivity index (χ0n) is 17.8. The van der Waals surface area contributed by atoms with Gasteiger partial charge in [-0.3, -0.25) is 4.79 Å². The number of hydrogen-bond acceptors (Lipinski definition) is 3. The SMILES string of the molecule is CCCCCCCCCCCCCCCCCCC(CC(O)CO)C(=O)O. The quantitative estimate of drug-likeness (QED) is 0.209. The fraction of sp³-hybridized carbons (Fsp3) is 0.957. The Morgan fingerprint density at radius 2 is 1.07 bits per heavy atom. The van der Waals surface area contributed by atoms with E-state index < -0.39 is 18.0 Å². The van der Waals surface area contributed by atoms with Crippen LogP contribution in [0, 0.1) is 5.92 Å². The summed E-state index contributed by atoms with van der Waals surface area (Å²) in [7, 11) is 0. The number of unbranched alkanes of at least 4 members (excludes halogenated alkanes) is 15. The summed E-state index contributed by atoms with van der Waals surface area (Å²) in [5.74, 6) is -1.39. The van der Waals surface area contributed by atoms with Gasteiger partial charge in [-0.15, -0.1) is 0 Å². The maximum atomic E-state index is 11.1. The summed E-state index contributed by atoms with van der Waals surface area (Å²) >= 11 is 0. The second-order valence-electron chi connectivity index (χ2n) is 8.20. The lowest BCUT2D eigenvalue weighted by atomic mass is 9.94. The average molecular weight is 387 g/mol. The molecule has 0 bridgehead atoms. The molecule has 0 fully saturated rings. The van der Waals surface area contributed by atoms with Gasteiger partial charge >= 0.3 is 5.97 Å². The highest BCUT2D eigenvalue weighted by molar-refractivity contribution is 5.69. The Morgan fingerprint density at radius 3 is 1.41 bits per heavy atom. The molecule has 0 aliphatic carbocycles. The number of hydrogen-bond donors (Lipinski definition) is 3. The summed E-state index contributed by atoms with van der Waals surface area (Å²) in [6, 6.07) is 0. The molecule has 0 rings (SSSR count). The van der Waals surface area contributed by atoms with Gasteiger partial charge in [0.1, 0.15) is 0 Å². The maximum absolute atomic E-state index is 11.1. The molecule has 0 heterocycles. The van der Waals surface area contributed by atoms with Crippen molar-refractivity contribution >= 4 is 5.97 Å². The Labute approximate surface area is 167 Å². The van der Waals surface area contributed by atoms with Crippen LogP contribution in [-0.4, -0.2) is 34.0 Å². The second kappa shape index (κ2) is 20.1. The molecule has 27 heavy (non-hydrogen) atoms. The third kappa shape index (κ3) is 18.5. The van der Waals surface area contributed by atoms with Crippen molar-refractivity contribution in [2.75, 3.05) is 6.61 Å². The lowest BCUT2D eigenvalue weighted by Gasteiger charge is -2.15. The number of rotatable bonds is 21. The third-order valence-electron chi connectivity index (χ3n) is 5.52. The van der Waals surface area contributed by atoms with Crippen LogP contribution in [-0.2, 0) is 4.79 Å². The van der Waals surface area contributed by atoms with Gasteiger partial charge in [-0.1, -0.05) is 110 Å². The van der Waals surface area contributed by atoms with Crippen LogP contribution >= 0.6 is 0 Å². The molecule has 0 aliphatic rings. The van der Waals surface area contributed by atoms with Crippen molar-refractivity contribution in [2.45, 2.75) is 129 Å². The van der Waals surface area contributed by atoms with E-state index in [9.17, 15) is 9.90 Å². The first kappa shape index (κ1) is 26.4. The number of aliphatic hydroxyl groups excluding tert-OH is 2. The fourth-order valence-electron chi connectivity index (χ4n) is 3.68.